The molecule has 90 valence electrons. The van der Waals surface area contributed by atoms with Gasteiger partial charge >= 0.3 is 5.97 Å². The molecular weight excluding hydrogens is 214 g/mol. The van der Waals surface area contributed by atoms with Crippen molar-refractivity contribution in [2.45, 2.75) is 26.8 Å². The Labute approximate surface area is 102 Å². The number of hydrogen-bond acceptors (Lipinski definition) is 3. The van der Waals surface area contributed by atoms with Crippen LogP contribution in [0.2, 0.25) is 0 Å². The smallest absolute Gasteiger partial charge is 0.329 e. The Bertz CT molecular complexity index is 426. The topological polar surface area (TPSA) is 38.3 Å². The number of carbonyl (C=O) groups is 1. The van der Waals surface area contributed by atoms with Gasteiger partial charge in [-0.15, -0.1) is 6.42 Å². The van der Waals surface area contributed by atoms with Crippen LogP contribution in [0.1, 0.15) is 18.1 Å². The second-order valence-corrected chi connectivity index (χ2v) is 3.94. The van der Waals surface area contributed by atoms with Crippen LogP contribution in [0.25, 0.3) is 0 Å². The number of hydrogen-bond donors (Lipinski definition) is 1. The average molecular weight is 231 g/mol. The van der Waals surface area contributed by atoms with E-state index in [9.17, 15) is 4.79 Å². The molecule has 1 aromatic rings. The van der Waals surface area contributed by atoms with Gasteiger partial charge in [0.1, 0.15) is 6.04 Å². The normalized spacial score (nSPS) is 11.4. The molecule has 0 heterocycles. The van der Waals surface area contributed by atoms with Crippen LogP contribution in [0.4, 0.5) is 5.69 Å². The van der Waals surface area contributed by atoms with Gasteiger partial charge in [-0.1, -0.05) is 24.1 Å². The van der Waals surface area contributed by atoms with E-state index in [1.54, 1.807) is 6.92 Å². The first-order chi connectivity index (χ1) is 8.06. The number of esters is 1. The molecule has 1 N–H and O–H groups in total. The molecule has 0 fully saturated rings. The van der Waals surface area contributed by atoms with Gasteiger partial charge in [0, 0.05) is 5.69 Å². The van der Waals surface area contributed by atoms with E-state index in [2.05, 4.69) is 11.2 Å². The lowest BCUT2D eigenvalue weighted by molar-refractivity contribution is -0.142. The summed E-state index contributed by atoms with van der Waals surface area (Å²) in [5.41, 5.74) is 3.17. The first kappa shape index (κ1) is 13.1. The summed E-state index contributed by atoms with van der Waals surface area (Å²) in [6.07, 6.45) is 5.03. The van der Waals surface area contributed by atoms with E-state index in [0.29, 0.717) is 0 Å². The van der Waals surface area contributed by atoms with Crippen LogP contribution in [0.5, 0.6) is 0 Å². The Morgan fingerprint density at radius 2 is 2.06 bits per heavy atom. The first-order valence-corrected chi connectivity index (χ1v) is 5.49. The molecule has 0 saturated heterocycles. The maximum atomic E-state index is 11.5. The van der Waals surface area contributed by atoms with Crippen LogP contribution in [-0.2, 0) is 9.53 Å². The van der Waals surface area contributed by atoms with Crippen molar-refractivity contribution in [3.63, 3.8) is 0 Å². The zero-order valence-corrected chi connectivity index (χ0v) is 10.4. The highest BCUT2D eigenvalue weighted by atomic mass is 16.5. The lowest BCUT2D eigenvalue weighted by Gasteiger charge is -2.17. The second-order valence-electron chi connectivity index (χ2n) is 3.94. The molecule has 0 aliphatic heterocycles. The fourth-order valence-corrected chi connectivity index (χ4v) is 1.56. The first-order valence-electron chi connectivity index (χ1n) is 5.49. The van der Waals surface area contributed by atoms with Crippen molar-refractivity contribution in [3.8, 4) is 12.3 Å². The zero-order chi connectivity index (χ0) is 12.8. The molecule has 1 aromatic carbocycles. The molecule has 1 rings (SSSR count). The highest BCUT2D eigenvalue weighted by Gasteiger charge is 2.15. The fourth-order valence-electron chi connectivity index (χ4n) is 1.56. The molecule has 3 nitrogen and oxygen atoms in total. The largest absolute Gasteiger partial charge is 0.451 e. The summed E-state index contributed by atoms with van der Waals surface area (Å²) in [5.74, 6) is 1.93. The molecule has 0 saturated carbocycles. The van der Waals surface area contributed by atoms with E-state index in [4.69, 9.17) is 11.2 Å². The lowest BCUT2D eigenvalue weighted by Crippen LogP contribution is -2.29. The van der Waals surface area contributed by atoms with E-state index in [0.717, 1.165) is 16.8 Å². The number of anilines is 1. The molecule has 0 radical (unpaired) electrons. The van der Waals surface area contributed by atoms with Crippen LogP contribution in [0.15, 0.2) is 18.2 Å². The summed E-state index contributed by atoms with van der Waals surface area (Å²) in [6, 6.07) is 5.56. The molecule has 0 aliphatic carbocycles. The number of nitrogens with one attached hydrogen (secondary N) is 1. The summed E-state index contributed by atoms with van der Waals surface area (Å²) in [5, 5.41) is 3.14. The minimum Gasteiger partial charge on any atom is -0.451 e. The Morgan fingerprint density at radius 1 is 1.47 bits per heavy atom. The summed E-state index contributed by atoms with van der Waals surface area (Å²) in [7, 11) is 0. The standard InChI is InChI=1S/C14H17NO2/c1-5-9-17-14(16)12(4)15-13-10(2)7-6-8-11(13)3/h1,6-8,12,15H,9H2,2-4H3/t12-/m0/s1. The van der Waals surface area contributed by atoms with Crippen molar-refractivity contribution in [2.75, 3.05) is 11.9 Å². The highest BCUT2D eigenvalue weighted by Crippen LogP contribution is 2.20. The molecule has 0 aliphatic rings. The van der Waals surface area contributed by atoms with Gasteiger partial charge in [-0.05, 0) is 31.9 Å². The van der Waals surface area contributed by atoms with Gasteiger partial charge in [-0.25, -0.2) is 4.79 Å². The number of rotatable bonds is 4. The van der Waals surface area contributed by atoms with E-state index < -0.39 is 6.04 Å². The third-order valence-electron chi connectivity index (χ3n) is 2.49. The molecule has 0 bridgehead atoms. The van der Waals surface area contributed by atoms with Crippen molar-refractivity contribution in [2.24, 2.45) is 0 Å². The van der Waals surface area contributed by atoms with Crippen molar-refractivity contribution < 1.29 is 9.53 Å². The lowest BCUT2D eigenvalue weighted by atomic mass is 10.1. The van der Waals surface area contributed by atoms with Crippen molar-refractivity contribution in [1.82, 2.24) is 0 Å². The van der Waals surface area contributed by atoms with Crippen LogP contribution < -0.4 is 5.32 Å². The highest BCUT2D eigenvalue weighted by molar-refractivity contribution is 5.79. The van der Waals surface area contributed by atoms with Gasteiger partial charge in [0.15, 0.2) is 6.61 Å². The number of terminal acetylenes is 1. The van der Waals surface area contributed by atoms with Gasteiger partial charge in [-0.3, -0.25) is 0 Å². The van der Waals surface area contributed by atoms with E-state index in [-0.39, 0.29) is 12.6 Å². The maximum absolute atomic E-state index is 11.5. The number of benzene rings is 1. The Morgan fingerprint density at radius 3 is 2.59 bits per heavy atom. The third kappa shape index (κ3) is 3.53. The van der Waals surface area contributed by atoms with Crippen LogP contribution >= 0.6 is 0 Å². The monoisotopic (exact) mass is 231 g/mol. The van der Waals surface area contributed by atoms with E-state index >= 15 is 0 Å². The zero-order valence-electron chi connectivity index (χ0n) is 10.4. The summed E-state index contributed by atoms with van der Waals surface area (Å²) in [6.45, 7) is 5.76. The molecule has 0 amide bonds. The minimum atomic E-state index is -0.414. The number of aryl methyl sites for hydroxylation is 2. The Hall–Kier alpha value is -1.95. The summed E-state index contributed by atoms with van der Waals surface area (Å²) in [4.78, 5) is 11.5. The van der Waals surface area contributed by atoms with Crippen molar-refractivity contribution >= 4 is 11.7 Å². The second kappa shape index (κ2) is 5.95. The predicted molar refractivity (Wildman–Crippen MR) is 68.8 cm³/mol. The average Bonchev–Trinajstić information content (AvgIpc) is 2.30. The number of carbonyl (C=O) groups excluding carboxylic acids is 1. The maximum Gasteiger partial charge on any atom is 0.329 e. The Kier molecular flexibility index (Phi) is 4.59. The van der Waals surface area contributed by atoms with Crippen molar-refractivity contribution in [1.29, 1.82) is 0 Å². The molecule has 3 heteroatoms. The SMILES string of the molecule is C#CCOC(=O)[C@H](C)Nc1c(C)cccc1C. The molecule has 0 aromatic heterocycles. The van der Waals surface area contributed by atoms with E-state index in [1.165, 1.54) is 0 Å². The number of ether oxygens (including phenoxy) is 1. The van der Waals surface area contributed by atoms with Crippen LogP contribution in [-0.4, -0.2) is 18.6 Å². The number of para-hydroxylation sites is 1. The van der Waals surface area contributed by atoms with Gasteiger partial charge in [0.25, 0.3) is 0 Å². The van der Waals surface area contributed by atoms with Gasteiger partial charge in [0.05, 0.1) is 0 Å². The van der Waals surface area contributed by atoms with Gasteiger partial charge in [0.2, 0.25) is 0 Å². The van der Waals surface area contributed by atoms with Crippen LogP contribution in [0, 0.1) is 26.2 Å². The van der Waals surface area contributed by atoms with Gasteiger partial charge < -0.3 is 10.1 Å². The Balaban J connectivity index is 2.71. The molecule has 0 unspecified atom stereocenters. The predicted octanol–water partition coefficient (Wildman–Crippen LogP) is 2.28. The molecule has 17 heavy (non-hydrogen) atoms. The molecular formula is C14H17NO2. The third-order valence-corrected chi connectivity index (χ3v) is 2.49. The molecule has 0 spiro atoms. The summed E-state index contributed by atoms with van der Waals surface area (Å²) >= 11 is 0. The van der Waals surface area contributed by atoms with Crippen LogP contribution in [0.3, 0.4) is 0 Å². The quantitative estimate of drug-likeness (QED) is 0.638. The van der Waals surface area contributed by atoms with E-state index in [1.807, 2.05) is 32.0 Å². The summed E-state index contributed by atoms with van der Waals surface area (Å²) < 4.78 is 4.87. The fraction of sp³-hybridized carbons (Fsp3) is 0.357. The molecule has 1 atom stereocenters. The van der Waals surface area contributed by atoms with Gasteiger partial charge in [-0.2, -0.15) is 0 Å². The van der Waals surface area contributed by atoms with Crippen molar-refractivity contribution in [3.05, 3.63) is 29.3 Å². The minimum absolute atomic E-state index is 0.0115.